The van der Waals surface area contributed by atoms with Crippen molar-refractivity contribution in [2.24, 2.45) is 5.92 Å². The first-order valence-electron chi connectivity index (χ1n) is 7.13. The Morgan fingerprint density at radius 1 is 1.42 bits per heavy atom. The highest BCUT2D eigenvalue weighted by atomic mass is 16.4. The van der Waals surface area contributed by atoms with Gasteiger partial charge in [-0.05, 0) is 42.3 Å². The lowest BCUT2D eigenvalue weighted by atomic mass is 9.84. The molecular weight excluding hydrogens is 238 g/mol. The van der Waals surface area contributed by atoms with E-state index >= 15 is 0 Å². The molecule has 0 saturated carbocycles. The minimum atomic E-state index is -0.728. The Balaban J connectivity index is 2.24. The number of nitrogens with one attached hydrogen (secondary N) is 1. The zero-order valence-electron chi connectivity index (χ0n) is 11.7. The van der Waals surface area contributed by atoms with Gasteiger partial charge in [-0.15, -0.1) is 0 Å². The molecule has 3 heteroatoms. The van der Waals surface area contributed by atoms with Gasteiger partial charge in [0.25, 0.3) is 0 Å². The molecule has 1 aromatic carbocycles. The summed E-state index contributed by atoms with van der Waals surface area (Å²) in [6, 6.07) is 8.16. The number of carboxylic acids is 1. The van der Waals surface area contributed by atoms with Crippen molar-refractivity contribution in [2.75, 3.05) is 13.1 Å². The molecular formula is C16H23NO2. The fraction of sp³-hybridized carbons (Fsp3) is 0.562. The second-order valence-corrected chi connectivity index (χ2v) is 5.77. The molecule has 0 aromatic heterocycles. The number of hydrogen-bond donors (Lipinski definition) is 2. The predicted octanol–water partition coefficient (Wildman–Crippen LogP) is 2.98. The normalized spacial score (nSPS) is 21.3. The zero-order chi connectivity index (χ0) is 13.8. The highest BCUT2D eigenvalue weighted by Crippen LogP contribution is 2.29. The van der Waals surface area contributed by atoms with Crippen LogP contribution in [0.1, 0.15) is 49.7 Å². The molecule has 0 spiro atoms. The molecule has 0 radical (unpaired) electrons. The molecule has 0 bridgehead atoms. The van der Waals surface area contributed by atoms with Crippen LogP contribution in [0.2, 0.25) is 0 Å². The van der Waals surface area contributed by atoms with Gasteiger partial charge in [0.15, 0.2) is 0 Å². The molecule has 104 valence electrons. The number of carboxylic acid groups (broad SMARTS) is 1. The molecule has 1 fully saturated rings. The van der Waals surface area contributed by atoms with Gasteiger partial charge in [-0.2, -0.15) is 0 Å². The lowest BCUT2D eigenvalue weighted by molar-refractivity contribution is -0.139. The number of carbonyl (C=O) groups is 1. The number of benzene rings is 1. The minimum absolute atomic E-state index is 0.109. The van der Waals surface area contributed by atoms with Gasteiger partial charge in [-0.25, -0.2) is 0 Å². The predicted molar refractivity (Wildman–Crippen MR) is 76.5 cm³/mol. The van der Waals surface area contributed by atoms with E-state index in [1.807, 2.05) is 26.0 Å². The van der Waals surface area contributed by atoms with Crippen LogP contribution in [0.5, 0.6) is 0 Å². The van der Waals surface area contributed by atoms with Gasteiger partial charge < -0.3 is 10.4 Å². The molecule has 2 N–H and O–H groups in total. The van der Waals surface area contributed by atoms with E-state index in [1.54, 1.807) is 0 Å². The zero-order valence-corrected chi connectivity index (χ0v) is 11.7. The molecule has 2 unspecified atom stereocenters. The van der Waals surface area contributed by atoms with E-state index in [1.165, 1.54) is 18.4 Å². The number of piperidine rings is 1. The van der Waals surface area contributed by atoms with Crippen LogP contribution in [0.15, 0.2) is 24.3 Å². The SMILES string of the molecule is CC(C)C(C(=O)O)c1cccc(C2CCCNC2)c1. The van der Waals surface area contributed by atoms with Gasteiger partial charge >= 0.3 is 5.97 Å². The summed E-state index contributed by atoms with van der Waals surface area (Å²) in [4.78, 5) is 11.4. The van der Waals surface area contributed by atoms with Crippen molar-refractivity contribution in [3.63, 3.8) is 0 Å². The van der Waals surface area contributed by atoms with Crippen molar-refractivity contribution in [1.82, 2.24) is 5.32 Å². The third kappa shape index (κ3) is 3.35. The highest BCUT2D eigenvalue weighted by Gasteiger charge is 2.24. The molecule has 0 aliphatic carbocycles. The van der Waals surface area contributed by atoms with E-state index in [0.717, 1.165) is 18.7 Å². The van der Waals surface area contributed by atoms with Crippen LogP contribution in [0, 0.1) is 5.92 Å². The Labute approximate surface area is 115 Å². The third-order valence-electron chi connectivity index (χ3n) is 3.97. The van der Waals surface area contributed by atoms with Crippen LogP contribution < -0.4 is 5.32 Å². The Hall–Kier alpha value is -1.35. The largest absolute Gasteiger partial charge is 0.481 e. The van der Waals surface area contributed by atoms with Gasteiger partial charge in [0.05, 0.1) is 5.92 Å². The van der Waals surface area contributed by atoms with Crippen molar-refractivity contribution in [3.8, 4) is 0 Å². The summed E-state index contributed by atoms with van der Waals surface area (Å²) in [5.74, 6) is -0.502. The highest BCUT2D eigenvalue weighted by molar-refractivity contribution is 5.76. The fourth-order valence-electron chi connectivity index (χ4n) is 2.96. The molecule has 1 aliphatic heterocycles. The lowest BCUT2D eigenvalue weighted by Crippen LogP contribution is -2.28. The monoisotopic (exact) mass is 261 g/mol. The van der Waals surface area contributed by atoms with E-state index in [9.17, 15) is 9.90 Å². The summed E-state index contributed by atoms with van der Waals surface area (Å²) in [6.45, 7) is 6.03. The Bertz CT molecular complexity index is 436. The number of aliphatic carboxylic acids is 1. The Kier molecular flexibility index (Phi) is 4.59. The topological polar surface area (TPSA) is 49.3 Å². The Morgan fingerprint density at radius 3 is 2.79 bits per heavy atom. The molecule has 1 heterocycles. The van der Waals surface area contributed by atoms with Crippen molar-refractivity contribution in [2.45, 2.75) is 38.5 Å². The van der Waals surface area contributed by atoms with Crippen molar-refractivity contribution in [3.05, 3.63) is 35.4 Å². The molecule has 3 nitrogen and oxygen atoms in total. The summed E-state index contributed by atoms with van der Waals surface area (Å²) in [6.07, 6.45) is 2.39. The lowest BCUT2D eigenvalue weighted by Gasteiger charge is -2.24. The average Bonchev–Trinajstić information content (AvgIpc) is 2.39. The summed E-state index contributed by atoms with van der Waals surface area (Å²) in [7, 11) is 0. The second-order valence-electron chi connectivity index (χ2n) is 5.77. The standard InChI is InChI=1S/C16H23NO2/c1-11(2)15(16(18)19)13-6-3-5-12(9-13)14-7-4-8-17-10-14/h3,5-6,9,11,14-15,17H,4,7-8,10H2,1-2H3,(H,18,19). The van der Waals surface area contributed by atoms with Crippen LogP contribution >= 0.6 is 0 Å². The van der Waals surface area contributed by atoms with Gasteiger partial charge in [0.2, 0.25) is 0 Å². The summed E-state index contributed by atoms with van der Waals surface area (Å²) in [5, 5.41) is 12.8. The first-order valence-corrected chi connectivity index (χ1v) is 7.13. The Morgan fingerprint density at radius 2 is 2.21 bits per heavy atom. The first-order chi connectivity index (χ1) is 9.09. The summed E-state index contributed by atoms with van der Waals surface area (Å²) in [5.41, 5.74) is 2.21. The molecule has 1 aromatic rings. The van der Waals surface area contributed by atoms with Gasteiger partial charge in [-0.1, -0.05) is 38.1 Å². The van der Waals surface area contributed by atoms with Crippen LogP contribution in [0.3, 0.4) is 0 Å². The second kappa shape index (κ2) is 6.20. The van der Waals surface area contributed by atoms with Crippen molar-refractivity contribution >= 4 is 5.97 Å². The minimum Gasteiger partial charge on any atom is -0.481 e. The van der Waals surface area contributed by atoms with E-state index in [-0.39, 0.29) is 5.92 Å². The fourth-order valence-corrected chi connectivity index (χ4v) is 2.96. The van der Waals surface area contributed by atoms with Crippen molar-refractivity contribution < 1.29 is 9.90 Å². The molecule has 1 saturated heterocycles. The van der Waals surface area contributed by atoms with E-state index < -0.39 is 11.9 Å². The van der Waals surface area contributed by atoms with Gasteiger partial charge in [0, 0.05) is 6.54 Å². The number of rotatable bonds is 4. The number of hydrogen-bond acceptors (Lipinski definition) is 2. The van der Waals surface area contributed by atoms with Gasteiger partial charge in [-0.3, -0.25) is 4.79 Å². The maximum absolute atomic E-state index is 11.4. The van der Waals surface area contributed by atoms with Gasteiger partial charge in [0.1, 0.15) is 0 Å². The quantitative estimate of drug-likeness (QED) is 0.876. The van der Waals surface area contributed by atoms with E-state index in [2.05, 4.69) is 17.4 Å². The molecule has 1 aliphatic rings. The maximum atomic E-state index is 11.4. The summed E-state index contributed by atoms with van der Waals surface area (Å²) < 4.78 is 0. The van der Waals surface area contributed by atoms with Crippen LogP contribution in [-0.4, -0.2) is 24.2 Å². The molecule has 19 heavy (non-hydrogen) atoms. The average molecular weight is 261 g/mol. The van der Waals surface area contributed by atoms with Crippen molar-refractivity contribution in [1.29, 1.82) is 0 Å². The van der Waals surface area contributed by atoms with Crippen LogP contribution in [-0.2, 0) is 4.79 Å². The maximum Gasteiger partial charge on any atom is 0.311 e. The van der Waals surface area contributed by atoms with Crippen LogP contribution in [0.25, 0.3) is 0 Å². The smallest absolute Gasteiger partial charge is 0.311 e. The van der Waals surface area contributed by atoms with Crippen LogP contribution in [0.4, 0.5) is 0 Å². The third-order valence-corrected chi connectivity index (χ3v) is 3.97. The first kappa shape index (κ1) is 14.1. The van der Waals surface area contributed by atoms with E-state index in [0.29, 0.717) is 5.92 Å². The molecule has 2 atom stereocenters. The molecule has 2 rings (SSSR count). The summed E-state index contributed by atoms with van der Waals surface area (Å²) >= 11 is 0. The van der Waals surface area contributed by atoms with E-state index in [4.69, 9.17) is 0 Å². The molecule has 0 amide bonds.